The standard InChI is InChI=1S/C10H17N3O4/c1-17-7(14)6-13-9(16)10(8(11)15)2-4-12-5-3-10/h12H,2-6H2,1H3,(H2,11,15)(H,13,16). The molecule has 96 valence electrons. The zero-order valence-electron chi connectivity index (χ0n) is 9.75. The molecule has 0 aromatic carbocycles. The number of nitrogens with two attached hydrogens (primary N) is 1. The van der Waals surface area contributed by atoms with Crippen molar-refractivity contribution in [2.24, 2.45) is 11.1 Å². The summed E-state index contributed by atoms with van der Waals surface area (Å²) in [6.45, 7) is 0.848. The van der Waals surface area contributed by atoms with E-state index in [0.717, 1.165) is 0 Å². The summed E-state index contributed by atoms with van der Waals surface area (Å²) in [5.41, 5.74) is 4.09. The molecule has 0 spiro atoms. The van der Waals surface area contributed by atoms with E-state index in [9.17, 15) is 14.4 Å². The van der Waals surface area contributed by atoms with Crippen LogP contribution in [-0.2, 0) is 19.1 Å². The van der Waals surface area contributed by atoms with Gasteiger partial charge >= 0.3 is 5.97 Å². The van der Waals surface area contributed by atoms with Crippen LogP contribution in [-0.4, -0.2) is 44.5 Å². The van der Waals surface area contributed by atoms with Crippen LogP contribution in [0.3, 0.4) is 0 Å². The maximum Gasteiger partial charge on any atom is 0.325 e. The third-order valence-electron chi connectivity index (χ3n) is 2.98. The Morgan fingerprint density at radius 1 is 1.35 bits per heavy atom. The van der Waals surface area contributed by atoms with Gasteiger partial charge in [0.25, 0.3) is 0 Å². The van der Waals surface area contributed by atoms with E-state index in [4.69, 9.17) is 5.73 Å². The molecule has 0 radical (unpaired) electrons. The van der Waals surface area contributed by atoms with Crippen LogP contribution in [0.25, 0.3) is 0 Å². The Morgan fingerprint density at radius 3 is 2.41 bits per heavy atom. The van der Waals surface area contributed by atoms with Gasteiger partial charge in [0, 0.05) is 0 Å². The quantitative estimate of drug-likeness (QED) is 0.396. The van der Waals surface area contributed by atoms with E-state index in [2.05, 4.69) is 15.4 Å². The number of esters is 1. The van der Waals surface area contributed by atoms with Crippen molar-refractivity contribution < 1.29 is 19.1 Å². The second kappa shape index (κ2) is 5.62. The second-order valence-corrected chi connectivity index (χ2v) is 3.96. The highest BCUT2D eigenvalue weighted by Crippen LogP contribution is 2.28. The molecule has 1 saturated heterocycles. The van der Waals surface area contributed by atoms with Crippen LogP contribution < -0.4 is 16.4 Å². The topological polar surface area (TPSA) is 111 Å². The average Bonchev–Trinajstić information content (AvgIpc) is 2.35. The molecule has 0 aliphatic carbocycles. The number of amides is 2. The molecule has 0 aromatic rings. The molecule has 0 atom stereocenters. The molecule has 1 heterocycles. The van der Waals surface area contributed by atoms with Gasteiger partial charge in [-0.15, -0.1) is 0 Å². The van der Waals surface area contributed by atoms with Gasteiger partial charge in [-0.3, -0.25) is 14.4 Å². The van der Waals surface area contributed by atoms with E-state index in [1.54, 1.807) is 0 Å². The molecule has 1 aliphatic rings. The minimum Gasteiger partial charge on any atom is -0.468 e. The first-order valence-corrected chi connectivity index (χ1v) is 5.38. The summed E-state index contributed by atoms with van der Waals surface area (Å²) < 4.78 is 4.40. The fourth-order valence-corrected chi connectivity index (χ4v) is 1.83. The van der Waals surface area contributed by atoms with Crippen molar-refractivity contribution in [3.05, 3.63) is 0 Å². The Balaban J connectivity index is 2.67. The molecular weight excluding hydrogens is 226 g/mol. The van der Waals surface area contributed by atoms with Crippen LogP contribution >= 0.6 is 0 Å². The fraction of sp³-hybridized carbons (Fsp3) is 0.700. The normalized spacial score (nSPS) is 18.2. The number of hydrogen-bond donors (Lipinski definition) is 3. The summed E-state index contributed by atoms with van der Waals surface area (Å²) in [4.78, 5) is 34.3. The molecule has 0 bridgehead atoms. The number of nitrogens with one attached hydrogen (secondary N) is 2. The molecule has 1 rings (SSSR count). The third-order valence-corrected chi connectivity index (χ3v) is 2.98. The van der Waals surface area contributed by atoms with Gasteiger partial charge in [-0.1, -0.05) is 0 Å². The summed E-state index contributed by atoms with van der Waals surface area (Å²) >= 11 is 0. The van der Waals surface area contributed by atoms with Crippen molar-refractivity contribution in [3.8, 4) is 0 Å². The van der Waals surface area contributed by atoms with Gasteiger partial charge in [0.15, 0.2) is 0 Å². The lowest BCUT2D eigenvalue weighted by molar-refractivity contribution is -0.147. The second-order valence-electron chi connectivity index (χ2n) is 3.96. The lowest BCUT2D eigenvalue weighted by Crippen LogP contribution is -2.55. The van der Waals surface area contributed by atoms with Gasteiger partial charge in [0.1, 0.15) is 12.0 Å². The summed E-state index contributed by atoms with van der Waals surface area (Å²) in [5, 5.41) is 5.43. The first-order chi connectivity index (χ1) is 8.03. The minimum absolute atomic E-state index is 0.252. The molecule has 1 aliphatic heterocycles. The zero-order valence-corrected chi connectivity index (χ0v) is 9.75. The number of carbonyl (C=O) groups is 3. The van der Waals surface area contributed by atoms with Crippen molar-refractivity contribution in [1.82, 2.24) is 10.6 Å². The maximum atomic E-state index is 11.9. The predicted molar refractivity (Wildman–Crippen MR) is 58.8 cm³/mol. The van der Waals surface area contributed by atoms with Crippen LogP contribution in [0.5, 0.6) is 0 Å². The average molecular weight is 243 g/mol. The number of primary amides is 1. The lowest BCUT2D eigenvalue weighted by atomic mass is 9.77. The van der Waals surface area contributed by atoms with E-state index in [1.165, 1.54) is 7.11 Å². The summed E-state index contributed by atoms with van der Waals surface area (Å²) in [6.07, 6.45) is 0.685. The maximum absolute atomic E-state index is 11.9. The van der Waals surface area contributed by atoms with Crippen LogP contribution in [0.2, 0.25) is 0 Å². The highest BCUT2D eigenvalue weighted by atomic mass is 16.5. The van der Waals surface area contributed by atoms with E-state index in [1.807, 2.05) is 0 Å². The number of ether oxygens (including phenoxy) is 1. The summed E-state index contributed by atoms with van der Waals surface area (Å²) in [7, 11) is 1.23. The molecule has 0 aromatic heterocycles. The number of hydrogen-bond acceptors (Lipinski definition) is 5. The number of rotatable bonds is 4. The zero-order chi connectivity index (χ0) is 12.9. The molecule has 7 heteroatoms. The summed E-state index contributed by atoms with van der Waals surface area (Å²) in [6, 6.07) is 0. The highest BCUT2D eigenvalue weighted by molar-refractivity contribution is 6.05. The van der Waals surface area contributed by atoms with Gasteiger partial charge in [0.2, 0.25) is 11.8 Å². The summed E-state index contributed by atoms with van der Waals surface area (Å²) in [5.74, 6) is -1.72. The number of methoxy groups -OCH3 is 1. The Labute approximate surface area is 99.1 Å². The van der Waals surface area contributed by atoms with Gasteiger partial charge in [-0.05, 0) is 25.9 Å². The Morgan fingerprint density at radius 2 is 1.94 bits per heavy atom. The van der Waals surface area contributed by atoms with E-state index in [-0.39, 0.29) is 6.54 Å². The smallest absolute Gasteiger partial charge is 0.325 e. The lowest BCUT2D eigenvalue weighted by Gasteiger charge is -2.32. The minimum atomic E-state index is -1.21. The van der Waals surface area contributed by atoms with Crippen LogP contribution in [0.15, 0.2) is 0 Å². The van der Waals surface area contributed by atoms with Crippen LogP contribution in [0.1, 0.15) is 12.8 Å². The van der Waals surface area contributed by atoms with Gasteiger partial charge in [-0.25, -0.2) is 0 Å². The fourth-order valence-electron chi connectivity index (χ4n) is 1.83. The molecular formula is C10H17N3O4. The van der Waals surface area contributed by atoms with Gasteiger partial charge in [0.05, 0.1) is 7.11 Å². The first-order valence-electron chi connectivity index (χ1n) is 5.38. The number of carbonyl (C=O) groups excluding carboxylic acids is 3. The first kappa shape index (κ1) is 13.4. The third kappa shape index (κ3) is 2.94. The number of piperidine rings is 1. The highest BCUT2D eigenvalue weighted by Gasteiger charge is 2.45. The Kier molecular flexibility index (Phi) is 4.45. The SMILES string of the molecule is COC(=O)CNC(=O)C1(C(N)=O)CCNCC1. The van der Waals surface area contributed by atoms with Crippen molar-refractivity contribution in [3.63, 3.8) is 0 Å². The molecule has 4 N–H and O–H groups in total. The van der Waals surface area contributed by atoms with E-state index in [0.29, 0.717) is 25.9 Å². The molecule has 2 amide bonds. The molecule has 1 fully saturated rings. The largest absolute Gasteiger partial charge is 0.468 e. The van der Waals surface area contributed by atoms with E-state index >= 15 is 0 Å². The van der Waals surface area contributed by atoms with Crippen LogP contribution in [0.4, 0.5) is 0 Å². The Hall–Kier alpha value is -1.63. The molecule has 17 heavy (non-hydrogen) atoms. The van der Waals surface area contributed by atoms with Crippen LogP contribution in [0, 0.1) is 5.41 Å². The molecule has 0 saturated carbocycles. The van der Waals surface area contributed by atoms with Crippen molar-refractivity contribution in [2.45, 2.75) is 12.8 Å². The van der Waals surface area contributed by atoms with Crippen molar-refractivity contribution in [1.29, 1.82) is 0 Å². The van der Waals surface area contributed by atoms with Gasteiger partial charge < -0.3 is 21.1 Å². The van der Waals surface area contributed by atoms with Gasteiger partial charge in [-0.2, -0.15) is 0 Å². The Bertz CT molecular complexity index is 324. The predicted octanol–water partition coefficient (Wildman–Crippen LogP) is -1.87. The van der Waals surface area contributed by atoms with Crippen molar-refractivity contribution >= 4 is 17.8 Å². The molecule has 7 nitrogen and oxygen atoms in total. The molecule has 0 unspecified atom stereocenters. The monoisotopic (exact) mass is 243 g/mol. The van der Waals surface area contributed by atoms with Crippen molar-refractivity contribution in [2.75, 3.05) is 26.7 Å². The van der Waals surface area contributed by atoms with E-state index < -0.39 is 23.2 Å².